The van der Waals surface area contributed by atoms with Crippen molar-refractivity contribution in [2.45, 2.75) is 12.2 Å². The fraction of sp³-hybridized carbons (Fsp3) is 0.286. The molecule has 1 aromatic carbocycles. The van der Waals surface area contributed by atoms with E-state index in [2.05, 4.69) is 5.32 Å². The number of halogens is 1. The maximum atomic E-state index is 13.1. The van der Waals surface area contributed by atoms with Crippen molar-refractivity contribution in [3.05, 3.63) is 42.2 Å². The Morgan fingerprint density at radius 3 is 2.55 bits per heavy atom. The van der Waals surface area contributed by atoms with Crippen LogP contribution in [0.15, 0.2) is 36.4 Å². The Labute approximate surface area is 114 Å². The van der Waals surface area contributed by atoms with Gasteiger partial charge in [-0.05, 0) is 18.2 Å². The Hall–Kier alpha value is -2.21. The molecule has 2 heterocycles. The van der Waals surface area contributed by atoms with E-state index < -0.39 is 41.7 Å². The molecule has 5 nitrogen and oxygen atoms in total. The van der Waals surface area contributed by atoms with Gasteiger partial charge in [-0.25, -0.2) is 4.39 Å². The summed E-state index contributed by atoms with van der Waals surface area (Å²) in [5, 5.41) is 11.7. The van der Waals surface area contributed by atoms with Crippen molar-refractivity contribution in [2.24, 2.45) is 11.8 Å². The summed E-state index contributed by atoms with van der Waals surface area (Å²) in [7, 11) is 0. The summed E-state index contributed by atoms with van der Waals surface area (Å²) in [6.07, 6.45) is 2.26. The highest BCUT2D eigenvalue weighted by atomic mass is 19.1. The molecule has 2 bridgehead atoms. The zero-order chi connectivity index (χ0) is 14.3. The van der Waals surface area contributed by atoms with E-state index in [4.69, 9.17) is 4.74 Å². The van der Waals surface area contributed by atoms with Gasteiger partial charge < -0.3 is 15.2 Å². The van der Waals surface area contributed by atoms with E-state index >= 15 is 0 Å². The smallest absolute Gasteiger partial charge is 0.310 e. The number of amides is 1. The van der Waals surface area contributed by atoms with Crippen LogP contribution in [0.25, 0.3) is 0 Å². The van der Waals surface area contributed by atoms with Crippen LogP contribution in [-0.4, -0.2) is 29.2 Å². The predicted molar refractivity (Wildman–Crippen MR) is 67.4 cm³/mol. The molecule has 0 unspecified atom stereocenters. The van der Waals surface area contributed by atoms with Gasteiger partial charge in [0.2, 0.25) is 5.91 Å². The molecular weight excluding hydrogens is 265 g/mol. The van der Waals surface area contributed by atoms with Gasteiger partial charge in [0.25, 0.3) is 0 Å². The average Bonchev–Trinajstić information content (AvgIpc) is 2.98. The van der Waals surface area contributed by atoms with Gasteiger partial charge in [0.1, 0.15) is 11.7 Å². The summed E-state index contributed by atoms with van der Waals surface area (Å²) in [5.74, 6) is -3.72. The van der Waals surface area contributed by atoms with E-state index in [0.717, 1.165) is 0 Å². The first-order chi connectivity index (χ1) is 9.56. The number of nitrogens with one attached hydrogen (secondary N) is 1. The maximum Gasteiger partial charge on any atom is 0.310 e. The third kappa shape index (κ3) is 2.08. The van der Waals surface area contributed by atoms with Gasteiger partial charge >= 0.3 is 5.97 Å². The predicted octanol–water partition coefficient (Wildman–Crippen LogP) is 1.42. The fourth-order valence-corrected chi connectivity index (χ4v) is 2.71. The van der Waals surface area contributed by atoms with Crippen LogP contribution >= 0.6 is 0 Å². The molecule has 1 amide bonds. The van der Waals surface area contributed by atoms with Gasteiger partial charge in [0, 0.05) is 5.69 Å². The Balaban J connectivity index is 1.80. The van der Waals surface area contributed by atoms with Crippen molar-refractivity contribution in [2.75, 3.05) is 5.32 Å². The summed E-state index contributed by atoms with van der Waals surface area (Å²) in [6.45, 7) is 0. The third-order valence-electron chi connectivity index (χ3n) is 3.58. The van der Waals surface area contributed by atoms with Crippen LogP contribution in [-0.2, 0) is 14.3 Å². The fourth-order valence-electron chi connectivity index (χ4n) is 2.71. The van der Waals surface area contributed by atoms with E-state index in [9.17, 15) is 19.1 Å². The molecule has 2 aliphatic rings. The van der Waals surface area contributed by atoms with Crippen LogP contribution in [0.3, 0.4) is 0 Å². The normalized spacial score (nSPS) is 30.4. The number of carbonyl (C=O) groups is 2. The molecule has 0 aliphatic carbocycles. The van der Waals surface area contributed by atoms with E-state index in [-0.39, 0.29) is 0 Å². The first-order valence-corrected chi connectivity index (χ1v) is 6.19. The molecule has 4 atom stereocenters. The molecule has 1 aromatic rings. The maximum absolute atomic E-state index is 13.1. The zero-order valence-corrected chi connectivity index (χ0v) is 10.3. The quantitative estimate of drug-likeness (QED) is 0.819. The van der Waals surface area contributed by atoms with E-state index in [1.165, 1.54) is 18.2 Å². The molecule has 104 valence electrons. The molecule has 6 heteroatoms. The summed E-state index contributed by atoms with van der Waals surface area (Å²) in [5.41, 5.74) is 0.297. The lowest BCUT2D eigenvalue weighted by molar-refractivity contribution is -0.145. The van der Waals surface area contributed by atoms with Crippen LogP contribution in [0, 0.1) is 17.7 Å². The van der Waals surface area contributed by atoms with Crippen LogP contribution in [0.5, 0.6) is 0 Å². The summed E-state index contributed by atoms with van der Waals surface area (Å²) < 4.78 is 18.5. The Morgan fingerprint density at radius 2 is 1.90 bits per heavy atom. The number of hydrogen-bond acceptors (Lipinski definition) is 3. The minimum absolute atomic E-state index is 0.297. The second kappa shape index (κ2) is 4.72. The minimum atomic E-state index is -1.07. The monoisotopic (exact) mass is 277 g/mol. The second-order valence-electron chi connectivity index (χ2n) is 4.84. The van der Waals surface area contributed by atoms with Crippen molar-refractivity contribution >= 4 is 17.6 Å². The average molecular weight is 277 g/mol. The molecule has 0 aromatic heterocycles. The summed E-state index contributed by atoms with van der Waals surface area (Å²) in [6, 6.07) is 5.45. The zero-order valence-electron chi connectivity index (χ0n) is 10.3. The highest BCUT2D eigenvalue weighted by molar-refractivity contribution is 5.96. The van der Waals surface area contributed by atoms with Gasteiger partial charge in [-0.1, -0.05) is 18.2 Å². The Kier molecular flexibility index (Phi) is 3.02. The molecule has 3 rings (SSSR count). The van der Waals surface area contributed by atoms with Crippen molar-refractivity contribution in [3.8, 4) is 0 Å². The first-order valence-electron chi connectivity index (χ1n) is 6.19. The molecule has 1 fully saturated rings. The van der Waals surface area contributed by atoms with Crippen LogP contribution in [0.4, 0.5) is 10.1 Å². The first kappa shape index (κ1) is 12.8. The summed E-state index contributed by atoms with van der Waals surface area (Å²) in [4.78, 5) is 23.5. The second-order valence-corrected chi connectivity index (χ2v) is 4.84. The highest BCUT2D eigenvalue weighted by Gasteiger charge is 2.53. The van der Waals surface area contributed by atoms with Gasteiger partial charge in [0.05, 0.1) is 18.1 Å². The number of carboxylic acids is 1. The van der Waals surface area contributed by atoms with Crippen LogP contribution in [0.2, 0.25) is 0 Å². The molecule has 1 saturated heterocycles. The largest absolute Gasteiger partial charge is 0.481 e. The molecule has 2 N–H and O–H groups in total. The Bertz CT molecular complexity index is 601. The minimum Gasteiger partial charge on any atom is -0.481 e. The van der Waals surface area contributed by atoms with Gasteiger partial charge in [0.15, 0.2) is 0 Å². The number of hydrogen-bond donors (Lipinski definition) is 2. The van der Waals surface area contributed by atoms with Crippen molar-refractivity contribution in [1.82, 2.24) is 0 Å². The number of ether oxygens (including phenoxy) is 1. The lowest BCUT2D eigenvalue weighted by atomic mass is 9.82. The summed E-state index contributed by atoms with van der Waals surface area (Å²) >= 11 is 0. The number of rotatable bonds is 3. The highest BCUT2D eigenvalue weighted by Crippen LogP contribution is 2.39. The Morgan fingerprint density at radius 1 is 1.20 bits per heavy atom. The van der Waals surface area contributed by atoms with E-state index in [1.54, 1.807) is 18.2 Å². The van der Waals surface area contributed by atoms with Crippen LogP contribution < -0.4 is 5.32 Å². The molecule has 0 radical (unpaired) electrons. The molecule has 2 aliphatic heterocycles. The third-order valence-corrected chi connectivity index (χ3v) is 3.58. The molecule has 20 heavy (non-hydrogen) atoms. The van der Waals surface area contributed by atoms with Crippen molar-refractivity contribution in [1.29, 1.82) is 0 Å². The number of carbonyl (C=O) groups excluding carboxylic acids is 1. The van der Waals surface area contributed by atoms with Gasteiger partial charge in [-0.15, -0.1) is 0 Å². The van der Waals surface area contributed by atoms with E-state index in [0.29, 0.717) is 5.69 Å². The number of benzene rings is 1. The standard InChI is InChI=1S/C14H12FNO4/c15-7-2-1-3-8(6-7)16-13(17)11-9-4-5-10(20-9)12(11)14(18)19/h1-6,9-12H,(H,16,17)(H,18,19)/t9-,10-,11+,12-/m0/s1. The lowest BCUT2D eigenvalue weighted by Gasteiger charge is -2.20. The topological polar surface area (TPSA) is 75.6 Å². The van der Waals surface area contributed by atoms with Gasteiger partial charge in [-0.2, -0.15) is 0 Å². The molecule has 0 spiro atoms. The van der Waals surface area contributed by atoms with Gasteiger partial charge in [-0.3, -0.25) is 9.59 Å². The number of carboxylic acid groups (broad SMARTS) is 1. The van der Waals surface area contributed by atoms with Crippen molar-refractivity contribution in [3.63, 3.8) is 0 Å². The number of aliphatic carboxylic acids is 1. The lowest BCUT2D eigenvalue weighted by Crippen LogP contribution is -2.39. The molecular formula is C14H12FNO4. The van der Waals surface area contributed by atoms with Crippen LogP contribution in [0.1, 0.15) is 0 Å². The SMILES string of the molecule is O=C(O)[C@@H]1[C@H](C(=O)Nc2cccc(F)c2)[C@@H]2C=C[C@@H]1O2. The van der Waals surface area contributed by atoms with Crippen molar-refractivity contribution < 1.29 is 23.8 Å². The van der Waals surface area contributed by atoms with E-state index in [1.807, 2.05) is 0 Å². The number of anilines is 1. The number of fused-ring (bicyclic) bond motifs is 2. The molecule has 0 saturated carbocycles.